The molecule has 0 aliphatic rings. The van der Waals surface area contributed by atoms with Crippen LogP contribution in [0.3, 0.4) is 0 Å². The van der Waals surface area contributed by atoms with Crippen molar-refractivity contribution in [3.63, 3.8) is 0 Å². The van der Waals surface area contributed by atoms with Gasteiger partial charge in [-0.2, -0.15) is 0 Å². The summed E-state index contributed by atoms with van der Waals surface area (Å²) in [5.41, 5.74) is 1.03. The van der Waals surface area contributed by atoms with E-state index in [1.165, 1.54) is 6.07 Å². The number of nitrogens with one attached hydrogen (secondary N) is 2. The topological polar surface area (TPSA) is 84.5 Å². The van der Waals surface area contributed by atoms with Crippen molar-refractivity contribution in [3.8, 4) is 0 Å². The summed E-state index contributed by atoms with van der Waals surface area (Å²) in [6.45, 7) is -0.454. The minimum absolute atomic E-state index is 0.0130. The molecule has 3 aromatic carbocycles. The molecule has 0 aromatic heterocycles. The molecule has 0 saturated heterocycles. The zero-order valence-electron chi connectivity index (χ0n) is 18.4. The summed E-state index contributed by atoms with van der Waals surface area (Å²) in [4.78, 5) is 38.0. The van der Waals surface area contributed by atoms with Crippen molar-refractivity contribution in [2.24, 2.45) is 0 Å². The molecule has 0 bridgehead atoms. The maximum Gasteiger partial charge on any atom is 0.306 e. The van der Waals surface area contributed by atoms with Gasteiger partial charge in [-0.05, 0) is 73.2 Å². The lowest BCUT2D eigenvalue weighted by Gasteiger charge is -2.09. The van der Waals surface area contributed by atoms with Gasteiger partial charge in [0.25, 0.3) is 5.91 Å². The number of rotatable bonds is 10. The van der Waals surface area contributed by atoms with Crippen LogP contribution in [-0.2, 0) is 19.1 Å². The molecule has 2 N–H and O–H groups in total. The van der Waals surface area contributed by atoms with Crippen molar-refractivity contribution in [2.75, 3.05) is 17.2 Å². The number of anilines is 2. The van der Waals surface area contributed by atoms with E-state index >= 15 is 0 Å². The smallest absolute Gasteiger partial charge is 0.306 e. The molecule has 2 amide bonds. The van der Waals surface area contributed by atoms with Gasteiger partial charge in [-0.15, -0.1) is 0 Å². The number of carbonyl (C=O) groups excluding carboxylic acids is 3. The minimum atomic E-state index is -0.571. The summed E-state index contributed by atoms with van der Waals surface area (Å²) in [5.74, 6) is -1.32. The Bertz CT molecular complexity index is 1190. The molecule has 0 radical (unpaired) electrons. The third-order valence-electron chi connectivity index (χ3n) is 4.54. The minimum Gasteiger partial charge on any atom is -0.456 e. The largest absolute Gasteiger partial charge is 0.456 e. The maximum atomic E-state index is 12.2. The highest BCUT2D eigenvalue weighted by Crippen LogP contribution is 2.29. The number of carbonyl (C=O) groups is 3. The number of benzene rings is 3. The highest BCUT2D eigenvalue weighted by molar-refractivity contribution is 7.99. The van der Waals surface area contributed by atoms with Crippen molar-refractivity contribution in [2.45, 2.75) is 29.1 Å². The molecule has 0 spiro atoms. The Kier molecular flexibility index (Phi) is 10.3. The lowest BCUT2D eigenvalue weighted by atomic mass is 10.2. The van der Waals surface area contributed by atoms with Crippen LogP contribution in [-0.4, -0.2) is 24.4 Å². The van der Waals surface area contributed by atoms with E-state index in [0.717, 1.165) is 9.79 Å². The fraction of sp³-hybridized carbons (Fsp3) is 0.160. The number of hydrogen-bond donors (Lipinski definition) is 2. The lowest BCUT2D eigenvalue weighted by Crippen LogP contribution is -2.21. The Morgan fingerprint density at radius 2 is 1.37 bits per heavy atom. The number of hydrogen-bond acceptors (Lipinski definition) is 5. The SMILES string of the molecule is O=C(CCCC(=O)OCC(=O)Nc1ccc(Cl)cc1Cl)Nc1ccc(Sc2ccc(Cl)cc2)cc1. The average Bonchev–Trinajstić information content (AvgIpc) is 2.82. The van der Waals surface area contributed by atoms with Gasteiger partial charge in [-0.1, -0.05) is 46.6 Å². The third-order valence-corrected chi connectivity index (χ3v) is 6.36. The first-order chi connectivity index (χ1) is 16.8. The highest BCUT2D eigenvalue weighted by atomic mass is 35.5. The van der Waals surface area contributed by atoms with Gasteiger partial charge in [0, 0.05) is 38.4 Å². The summed E-state index contributed by atoms with van der Waals surface area (Å²) in [6, 6.07) is 19.6. The number of ether oxygens (including phenoxy) is 1. The molecule has 0 saturated carbocycles. The van der Waals surface area contributed by atoms with Gasteiger partial charge in [0.2, 0.25) is 5.91 Å². The zero-order chi connectivity index (χ0) is 25.2. The molecule has 3 aromatic rings. The van der Waals surface area contributed by atoms with E-state index in [-0.39, 0.29) is 23.8 Å². The van der Waals surface area contributed by atoms with Gasteiger partial charge >= 0.3 is 5.97 Å². The van der Waals surface area contributed by atoms with E-state index in [0.29, 0.717) is 27.8 Å². The zero-order valence-corrected chi connectivity index (χ0v) is 21.4. The van der Waals surface area contributed by atoms with Crippen LogP contribution in [0, 0.1) is 0 Å². The third kappa shape index (κ3) is 9.45. The van der Waals surface area contributed by atoms with Gasteiger partial charge in [0.15, 0.2) is 6.61 Å². The molecule has 6 nitrogen and oxygen atoms in total. The maximum absolute atomic E-state index is 12.2. The normalized spacial score (nSPS) is 10.5. The van der Waals surface area contributed by atoms with Gasteiger partial charge in [0.1, 0.15) is 0 Å². The Balaban J connectivity index is 1.33. The molecule has 0 aliphatic carbocycles. The van der Waals surface area contributed by atoms with E-state index < -0.39 is 18.5 Å². The van der Waals surface area contributed by atoms with Crippen molar-refractivity contribution in [1.82, 2.24) is 0 Å². The molecule has 0 atom stereocenters. The van der Waals surface area contributed by atoms with E-state index in [9.17, 15) is 14.4 Å². The summed E-state index contributed by atoms with van der Waals surface area (Å²) < 4.78 is 4.95. The average molecular weight is 552 g/mol. The first-order valence-corrected chi connectivity index (χ1v) is 12.5. The summed E-state index contributed by atoms with van der Waals surface area (Å²) >= 11 is 19.3. The Morgan fingerprint density at radius 1 is 0.743 bits per heavy atom. The summed E-state index contributed by atoms with van der Waals surface area (Å²) in [7, 11) is 0. The molecule has 3 rings (SSSR count). The lowest BCUT2D eigenvalue weighted by molar-refractivity contribution is -0.147. The number of esters is 1. The molecule has 0 fully saturated rings. The van der Waals surface area contributed by atoms with E-state index in [1.54, 1.807) is 23.9 Å². The van der Waals surface area contributed by atoms with Gasteiger partial charge < -0.3 is 15.4 Å². The molecule has 0 heterocycles. The van der Waals surface area contributed by atoms with Crippen LogP contribution in [0.5, 0.6) is 0 Å². The van der Waals surface area contributed by atoms with Crippen molar-refractivity contribution < 1.29 is 19.1 Å². The first-order valence-electron chi connectivity index (χ1n) is 10.5. The predicted octanol–water partition coefficient (Wildman–Crippen LogP) is 7.09. The van der Waals surface area contributed by atoms with Gasteiger partial charge in [-0.3, -0.25) is 14.4 Å². The van der Waals surface area contributed by atoms with Crippen molar-refractivity contribution >= 4 is 75.7 Å². The van der Waals surface area contributed by atoms with E-state index in [1.807, 2.05) is 48.5 Å². The number of halogens is 3. The fourth-order valence-corrected chi connectivity index (χ4v) is 4.26. The van der Waals surface area contributed by atoms with E-state index in [2.05, 4.69) is 10.6 Å². The van der Waals surface area contributed by atoms with Crippen LogP contribution < -0.4 is 10.6 Å². The molecular formula is C25H21Cl3N2O4S. The van der Waals surface area contributed by atoms with E-state index in [4.69, 9.17) is 39.5 Å². The van der Waals surface area contributed by atoms with Crippen molar-refractivity contribution in [3.05, 3.63) is 81.8 Å². The van der Waals surface area contributed by atoms with Crippen LogP contribution in [0.2, 0.25) is 15.1 Å². The second-order valence-electron chi connectivity index (χ2n) is 7.32. The van der Waals surface area contributed by atoms with Gasteiger partial charge in [0.05, 0.1) is 10.7 Å². The molecule has 182 valence electrons. The van der Waals surface area contributed by atoms with Crippen LogP contribution in [0.1, 0.15) is 19.3 Å². The Labute approximate surface area is 222 Å². The monoisotopic (exact) mass is 550 g/mol. The van der Waals surface area contributed by atoms with Gasteiger partial charge in [-0.25, -0.2) is 0 Å². The summed E-state index contributed by atoms with van der Waals surface area (Å²) in [6.07, 6.45) is 0.446. The fourth-order valence-electron chi connectivity index (χ4n) is 2.86. The second-order valence-corrected chi connectivity index (χ2v) is 9.74. The molecule has 0 unspecified atom stereocenters. The Hall–Kier alpha value is -2.71. The standard InChI is InChI=1S/C25H21Cl3N2O4S/c26-16-4-9-19(10-5-16)35-20-11-7-18(8-12-20)29-23(31)2-1-3-25(33)34-15-24(32)30-22-13-6-17(27)14-21(22)28/h4-14H,1-3,15H2,(H,29,31)(H,30,32). The van der Waals surface area contributed by atoms with Crippen molar-refractivity contribution in [1.29, 1.82) is 0 Å². The molecule has 0 aliphatic heterocycles. The molecular weight excluding hydrogens is 531 g/mol. The van der Waals surface area contributed by atoms with Crippen LogP contribution >= 0.6 is 46.6 Å². The molecule has 10 heteroatoms. The summed E-state index contributed by atoms with van der Waals surface area (Å²) in [5, 5.41) is 6.73. The molecule has 35 heavy (non-hydrogen) atoms. The first kappa shape index (κ1) is 26.9. The second kappa shape index (κ2) is 13.4. The van der Waals surface area contributed by atoms with Crippen LogP contribution in [0.4, 0.5) is 11.4 Å². The highest BCUT2D eigenvalue weighted by Gasteiger charge is 2.11. The Morgan fingerprint density at radius 3 is 2.03 bits per heavy atom. The quantitative estimate of drug-likeness (QED) is 0.263. The predicted molar refractivity (Wildman–Crippen MR) is 141 cm³/mol. The van der Waals surface area contributed by atoms with Crippen LogP contribution in [0.15, 0.2) is 76.5 Å². The van der Waals surface area contributed by atoms with Crippen LogP contribution in [0.25, 0.3) is 0 Å². The number of amides is 2.